The first-order chi connectivity index (χ1) is 15.5. The number of aromatic nitrogens is 3. The molecule has 2 aromatic heterocycles. The number of thioether (sulfide) groups is 2. The fraction of sp³-hybridized carbons (Fsp3) is 0.375. The Labute approximate surface area is 199 Å². The SMILES string of the molecule is Nc1nc(CC(=O)NC2C(=O)N3C(C(=O)O)=C(CSc4nnc(C(F)(F)F)s4)CS[C@H]23)cs1. The molecule has 0 spiro atoms. The van der Waals surface area contributed by atoms with E-state index in [1.807, 2.05) is 0 Å². The third-order valence-corrected chi connectivity index (χ3v) is 8.75. The van der Waals surface area contributed by atoms with Gasteiger partial charge in [0.15, 0.2) is 9.47 Å². The zero-order valence-corrected chi connectivity index (χ0v) is 19.4. The molecular formula is C16H13F3N6O4S4. The van der Waals surface area contributed by atoms with E-state index in [9.17, 15) is 32.7 Å². The fourth-order valence-electron chi connectivity index (χ4n) is 3.12. The highest BCUT2D eigenvalue weighted by Crippen LogP contribution is 2.42. The molecule has 2 aromatic rings. The number of hydrogen-bond donors (Lipinski definition) is 3. The van der Waals surface area contributed by atoms with Crippen molar-refractivity contribution in [1.82, 2.24) is 25.4 Å². The summed E-state index contributed by atoms with van der Waals surface area (Å²) in [6.45, 7) is 0. The predicted octanol–water partition coefficient (Wildman–Crippen LogP) is 1.67. The van der Waals surface area contributed by atoms with Crippen LogP contribution in [0.2, 0.25) is 0 Å². The van der Waals surface area contributed by atoms with Crippen LogP contribution in [0.25, 0.3) is 0 Å². The first kappa shape index (κ1) is 23.8. The molecule has 4 heterocycles. The summed E-state index contributed by atoms with van der Waals surface area (Å²) in [7, 11) is 0. The molecule has 4 rings (SSSR count). The van der Waals surface area contributed by atoms with Gasteiger partial charge in [0.1, 0.15) is 17.1 Å². The highest BCUT2D eigenvalue weighted by molar-refractivity contribution is 8.01. The molecule has 33 heavy (non-hydrogen) atoms. The summed E-state index contributed by atoms with van der Waals surface area (Å²) in [5.74, 6) is -2.10. The number of fused-ring (bicyclic) bond motifs is 1. The van der Waals surface area contributed by atoms with Crippen molar-refractivity contribution in [2.75, 3.05) is 17.2 Å². The number of alkyl halides is 3. The van der Waals surface area contributed by atoms with E-state index in [4.69, 9.17) is 5.73 Å². The van der Waals surface area contributed by atoms with Crippen molar-refractivity contribution >= 4 is 69.1 Å². The highest BCUT2D eigenvalue weighted by atomic mass is 32.2. The Morgan fingerprint density at radius 3 is 2.73 bits per heavy atom. The second kappa shape index (κ2) is 9.11. The average Bonchev–Trinajstić information content (AvgIpc) is 3.38. The van der Waals surface area contributed by atoms with Gasteiger partial charge in [0.25, 0.3) is 5.91 Å². The summed E-state index contributed by atoms with van der Waals surface area (Å²) >= 11 is 3.72. The zero-order chi connectivity index (χ0) is 23.9. The number of nitrogens with zero attached hydrogens (tertiary/aromatic N) is 4. The molecule has 2 atom stereocenters. The minimum Gasteiger partial charge on any atom is -0.477 e. The van der Waals surface area contributed by atoms with Gasteiger partial charge in [0.2, 0.25) is 10.9 Å². The molecule has 4 N–H and O–H groups in total. The van der Waals surface area contributed by atoms with Gasteiger partial charge in [-0.1, -0.05) is 23.1 Å². The monoisotopic (exact) mass is 538 g/mol. The molecule has 2 amide bonds. The predicted molar refractivity (Wildman–Crippen MR) is 116 cm³/mol. The van der Waals surface area contributed by atoms with Gasteiger partial charge in [-0.05, 0) is 5.57 Å². The Kier molecular flexibility index (Phi) is 6.56. The molecule has 1 saturated heterocycles. The smallest absolute Gasteiger partial charge is 0.445 e. The summed E-state index contributed by atoms with van der Waals surface area (Å²) < 4.78 is 38.1. The lowest BCUT2D eigenvalue weighted by Crippen LogP contribution is -2.70. The van der Waals surface area contributed by atoms with Crippen LogP contribution in [0.1, 0.15) is 10.7 Å². The van der Waals surface area contributed by atoms with Crippen molar-refractivity contribution in [3.63, 3.8) is 0 Å². The largest absolute Gasteiger partial charge is 0.477 e. The van der Waals surface area contributed by atoms with Gasteiger partial charge in [-0.25, -0.2) is 9.78 Å². The van der Waals surface area contributed by atoms with E-state index in [0.29, 0.717) is 27.7 Å². The van der Waals surface area contributed by atoms with Crippen LogP contribution >= 0.6 is 46.2 Å². The molecule has 0 aliphatic carbocycles. The average molecular weight is 539 g/mol. The normalized spacial score (nSPS) is 20.5. The highest BCUT2D eigenvalue weighted by Gasteiger charge is 2.54. The van der Waals surface area contributed by atoms with Gasteiger partial charge >= 0.3 is 12.1 Å². The molecule has 0 radical (unpaired) electrons. The number of carbonyl (C=O) groups excluding carboxylic acids is 2. The molecule has 10 nitrogen and oxygen atoms in total. The fourth-order valence-corrected chi connectivity index (χ4v) is 6.89. The number of carboxylic acids is 1. The van der Waals surface area contributed by atoms with E-state index in [1.165, 1.54) is 23.1 Å². The van der Waals surface area contributed by atoms with Crippen LogP contribution in [0, 0.1) is 0 Å². The number of nitrogen functional groups attached to an aromatic ring is 1. The topological polar surface area (TPSA) is 151 Å². The van der Waals surface area contributed by atoms with Crippen molar-refractivity contribution in [2.24, 2.45) is 0 Å². The van der Waals surface area contributed by atoms with Crippen molar-refractivity contribution in [1.29, 1.82) is 0 Å². The maximum absolute atomic E-state index is 12.7. The van der Waals surface area contributed by atoms with Crippen LogP contribution in [-0.4, -0.2) is 65.9 Å². The number of β-lactam (4-membered cyclic amide) rings is 1. The number of carbonyl (C=O) groups is 3. The Balaban J connectivity index is 1.42. The van der Waals surface area contributed by atoms with Gasteiger partial charge in [-0.15, -0.1) is 33.3 Å². The lowest BCUT2D eigenvalue weighted by molar-refractivity contribution is -0.150. The van der Waals surface area contributed by atoms with Gasteiger partial charge in [0.05, 0.1) is 12.1 Å². The minimum atomic E-state index is -4.61. The number of halogens is 3. The van der Waals surface area contributed by atoms with Crippen LogP contribution < -0.4 is 11.1 Å². The number of rotatable bonds is 7. The van der Waals surface area contributed by atoms with Gasteiger partial charge < -0.3 is 16.2 Å². The van der Waals surface area contributed by atoms with Crippen molar-refractivity contribution in [3.05, 3.63) is 27.4 Å². The van der Waals surface area contributed by atoms with E-state index < -0.39 is 40.4 Å². The second-order valence-corrected chi connectivity index (χ2v) is 10.9. The number of aliphatic carboxylic acids is 1. The summed E-state index contributed by atoms with van der Waals surface area (Å²) in [6.07, 6.45) is -4.67. The molecule has 1 fully saturated rings. The number of hydrogen-bond acceptors (Lipinski definition) is 11. The number of anilines is 1. The number of carboxylic acid groups (broad SMARTS) is 1. The summed E-state index contributed by atoms with van der Waals surface area (Å²) in [4.78, 5) is 41.9. The molecule has 2 aliphatic rings. The molecule has 0 aromatic carbocycles. The number of nitrogens with one attached hydrogen (secondary N) is 1. The van der Waals surface area contributed by atoms with Crippen LogP contribution in [0.4, 0.5) is 18.3 Å². The van der Waals surface area contributed by atoms with E-state index >= 15 is 0 Å². The molecule has 2 aliphatic heterocycles. The standard InChI is InChI=1S/C16H13F3N6O4S4/c17-16(18,19)13-23-24-15(33-13)32-3-5-2-30-11-8(10(27)25(11)9(5)12(28)29)22-7(26)1-6-4-31-14(20)21-6/h4,8,11H,1-3H2,(H2,20,21)(H,22,26)(H,28,29)/t8?,11-/m1/s1. The molecule has 176 valence electrons. The van der Waals surface area contributed by atoms with E-state index in [1.54, 1.807) is 5.38 Å². The lowest BCUT2D eigenvalue weighted by Gasteiger charge is -2.49. The maximum atomic E-state index is 12.7. The third-order valence-electron chi connectivity index (χ3n) is 4.50. The number of thiazole rings is 1. The minimum absolute atomic E-state index is 0.0277. The van der Waals surface area contributed by atoms with Crippen molar-refractivity contribution in [3.8, 4) is 0 Å². The quantitative estimate of drug-likeness (QED) is 0.351. The zero-order valence-electron chi connectivity index (χ0n) is 16.2. The second-order valence-electron chi connectivity index (χ2n) is 6.73. The van der Waals surface area contributed by atoms with E-state index in [0.717, 1.165) is 16.7 Å². The molecule has 17 heteroatoms. The van der Waals surface area contributed by atoms with Gasteiger partial charge in [-0.3, -0.25) is 14.5 Å². The molecule has 0 saturated carbocycles. The third kappa shape index (κ3) is 4.95. The maximum Gasteiger partial charge on any atom is 0.445 e. The lowest BCUT2D eigenvalue weighted by atomic mass is 10.0. The first-order valence-corrected chi connectivity index (χ1v) is 12.7. The Bertz CT molecular complexity index is 1150. The van der Waals surface area contributed by atoms with E-state index in [2.05, 4.69) is 20.5 Å². The molecule has 0 bridgehead atoms. The Morgan fingerprint density at radius 2 is 2.12 bits per heavy atom. The Hall–Kier alpha value is -2.37. The first-order valence-electron chi connectivity index (χ1n) is 8.97. The molecular weight excluding hydrogens is 525 g/mol. The van der Waals surface area contributed by atoms with Crippen molar-refractivity contribution < 1.29 is 32.7 Å². The summed E-state index contributed by atoms with van der Waals surface area (Å²) in [6, 6.07) is -0.889. The van der Waals surface area contributed by atoms with Crippen LogP contribution in [-0.2, 0) is 27.0 Å². The number of nitrogens with two attached hydrogens (primary N) is 1. The van der Waals surface area contributed by atoms with Crippen LogP contribution in [0.3, 0.4) is 0 Å². The van der Waals surface area contributed by atoms with Crippen LogP contribution in [0.15, 0.2) is 21.0 Å². The summed E-state index contributed by atoms with van der Waals surface area (Å²) in [5, 5.41) is 19.1. The summed E-state index contributed by atoms with van der Waals surface area (Å²) in [5.41, 5.74) is 6.14. The number of amides is 2. The van der Waals surface area contributed by atoms with Crippen LogP contribution in [0.5, 0.6) is 0 Å². The van der Waals surface area contributed by atoms with Gasteiger partial charge in [-0.2, -0.15) is 13.2 Å². The van der Waals surface area contributed by atoms with Crippen molar-refractivity contribution in [2.45, 2.75) is 28.4 Å². The Morgan fingerprint density at radius 1 is 1.36 bits per heavy atom. The van der Waals surface area contributed by atoms with Gasteiger partial charge in [0, 0.05) is 16.9 Å². The van der Waals surface area contributed by atoms with E-state index in [-0.39, 0.29) is 28.0 Å². The molecule has 1 unspecified atom stereocenters.